The maximum atomic E-state index is 6.06. The monoisotopic (exact) mass is 337 g/mol. The summed E-state index contributed by atoms with van der Waals surface area (Å²) in [5.74, 6) is 0. The second kappa shape index (κ2) is 6.08. The minimum atomic E-state index is 0.173. The van der Waals surface area contributed by atoms with Crippen LogP contribution in [0.25, 0.3) is 0 Å². The summed E-state index contributed by atoms with van der Waals surface area (Å²) in [7, 11) is 1.98. The van der Waals surface area contributed by atoms with Crippen LogP contribution in [0.15, 0.2) is 40.9 Å². The summed E-state index contributed by atoms with van der Waals surface area (Å²) in [6.45, 7) is 4.25. The van der Waals surface area contributed by atoms with Crippen molar-refractivity contribution in [3.05, 3.63) is 68.1 Å². The van der Waals surface area contributed by atoms with E-state index in [4.69, 9.17) is 11.6 Å². The van der Waals surface area contributed by atoms with Crippen molar-refractivity contribution in [1.29, 1.82) is 0 Å². The van der Waals surface area contributed by atoms with E-state index in [1.165, 1.54) is 22.3 Å². The Balaban J connectivity index is 2.46. The molecule has 2 rings (SSSR count). The zero-order valence-corrected chi connectivity index (χ0v) is 13.6. The summed E-state index contributed by atoms with van der Waals surface area (Å²) in [5, 5.41) is 4.11. The van der Waals surface area contributed by atoms with Crippen LogP contribution >= 0.6 is 27.5 Å². The van der Waals surface area contributed by atoms with E-state index in [-0.39, 0.29) is 6.04 Å². The van der Waals surface area contributed by atoms with Gasteiger partial charge in [0.05, 0.1) is 11.1 Å². The number of benzene rings is 2. The molecule has 0 aliphatic heterocycles. The summed E-state index contributed by atoms with van der Waals surface area (Å²) >= 11 is 9.54. The average molecular weight is 339 g/mol. The molecule has 100 valence electrons. The van der Waals surface area contributed by atoms with Gasteiger partial charge in [-0.15, -0.1) is 0 Å². The molecule has 0 aliphatic rings. The van der Waals surface area contributed by atoms with E-state index >= 15 is 0 Å². The first-order valence-electron chi connectivity index (χ1n) is 6.21. The van der Waals surface area contributed by atoms with Crippen LogP contribution in [0.4, 0.5) is 0 Å². The SMILES string of the molecule is CNC(c1cc(C)cc(C)c1)c1ccc(Cl)c(Br)c1. The third-order valence-electron chi connectivity index (χ3n) is 3.14. The van der Waals surface area contributed by atoms with Crippen molar-refractivity contribution in [3.8, 4) is 0 Å². The first-order chi connectivity index (χ1) is 9.01. The number of halogens is 2. The van der Waals surface area contributed by atoms with E-state index in [9.17, 15) is 0 Å². The lowest BCUT2D eigenvalue weighted by Gasteiger charge is -2.19. The van der Waals surface area contributed by atoms with Crippen LogP contribution in [0.3, 0.4) is 0 Å². The van der Waals surface area contributed by atoms with Crippen LogP contribution in [-0.2, 0) is 0 Å². The molecule has 1 nitrogen and oxygen atoms in total. The van der Waals surface area contributed by atoms with Gasteiger partial charge in [-0.2, -0.15) is 0 Å². The quantitative estimate of drug-likeness (QED) is 0.828. The normalized spacial score (nSPS) is 12.5. The standard InChI is InChI=1S/C16H17BrClN/c1-10-6-11(2)8-13(7-10)16(19-3)12-4-5-15(18)14(17)9-12/h4-9,16,19H,1-3H3. The molecule has 0 fully saturated rings. The third-order valence-corrected chi connectivity index (χ3v) is 4.36. The largest absolute Gasteiger partial charge is 0.309 e. The summed E-state index contributed by atoms with van der Waals surface area (Å²) in [5.41, 5.74) is 5.03. The van der Waals surface area contributed by atoms with Crippen molar-refractivity contribution in [3.63, 3.8) is 0 Å². The van der Waals surface area contributed by atoms with Crippen molar-refractivity contribution >= 4 is 27.5 Å². The molecule has 2 aromatic rings. The number of rotatable bonds is 3. The van der Waals surface area contributed by atoms with E-state index in [0.717, 1.165) is 9.50 Å². The molecule has 0 spiro atoms. The van der Waals surface area contributed by atoms with Gasteiger partial charge in [0.2, 0.25) is 0 Å². The van der Waals surface area contributed by atoms with Gasteiger partial charge in [-0.25, -0.2) is 0 Å². The molecule has 1 N–H and O–H groups in total. The van der Waals surface area contributed by atoms with Crippen LogP contribution in [0.2, 0.25) is 5.02 Å². The molecule has 0 radical (unpaired) electrons. The Morgan fingerprint density at radius 1 is 1.00 bits per heavy atom. The minimum absolute atomic E-state index is 0.173. The van der Waals surface area contributed by atoms with Gasteiger partial charge in [0, 0.05) is 4.47 Å². The van der Waals surface area contributed by atoms with Gasteiger partial charge in [-0.05, 0) is 60.1 Å². The predicted molar refractivity (Wildman–Crippen MR) is 86.0 cm³/mol. The fourth-order valence-corrected chi connectivity index (χ4v) is 2.91. The molecule has 1 unspecified atom stereocenters. The number of nitrogens with one attached hydrogen (secondary N) is 1. The molecule has 2 aromatic carbocycles. The van der Waals surface area contributed by atoms with Crippen LogP contribution < -0.4 is 5.32 Å². The first kappa shape index (κ1) is 14.6. The molecule has 19 heavy (non-hydrogen) atoms. The van der Waals surface area contributed by atoms with Crippen molar-refractivity contribution in [1.82, 2.24) is 5.32 Å². The van der Waals surface area contributed by atoms with Crippen molar-refractivity contribution in [2.24, 2.45) is 0 Å². The Hall–Kier alpha value is -0.830. The molecule has 3 heteroatoms. The predicted octanol–water partition coefficient (Wildman–Crippen LogP) is 5.03. The summed E-state index contributed by atoms with van der Waals surface area (Å²) in [6.07, 6.45) is 0. The van der Waals surface area contributed by atoms with Gasteiger partial charge in [-0.3, -0.25) is 0 Å². The van der Waals surface area contributed by atoms with Crippen molar-refractivity contribution < 1.29 is 0 Å². The van der Waals surface area contributed by atoms with Gasteiger partial charge < -0.3 is 5.32 Å². The van der Waals surface area contributed by atoms with Gasteiger partial charge >= 0.3 is 0 Å². The highest BCUT2D eigenvalue weighted by Crippen LogP contribution is 2.29. The van der Waals surface area contributed by atoms with Gasteiger partial charge in [0.1, 0.15) is 0 Å². The highest BCUT2D eigenvalue weighted by Gasteiger charge is 2.13. The minimum Gasteiger partial charge on any atom is -0.309 e. The number of hydrogen-bond acceptors (Lipinski definition) is 1. The first-order valence-corrected chi connectivity index (χ1v) is 7.39. The fourth-order valence-electron chi connectivity index (χ4n) is 2.39. The lowest BCUT2D eigenvalue weighted by atomic mass is 9.96. The Morgan fingerprint density at radius 3 is 2.16 bits per heavy atom. The zero-order chi connectivity index (χ0) is 14.0. The highest BCUT2D eigenvalue weighted by atomic mass is 79.9. The van der Waals surface area contributed by atoms with Gasteiger partial charge in [0.15, 0.2) is 0 Å². The fraction of sp³-hybridized carbons (Fsp3) is 0.250. The molecule has 0 amide bonds. The Morgan fingerprint density at radius 2 is 1.63 bits per heavy atom. The maximum absolute atomic E-state index is 6.06. The molecular formula is C16H17BrClN. The number of hydrogen-bond donors (Lipinski definition) is 1. The lowest BCUT2D eigenvalue weighted by molar-refractivity contribution is 0.690. The maximum Gasteiger partial charge on any atom is 0.0574 e. The van der Waals surface area contributed by atoms with Crippen LogP contribution in [-0.4, -0.2) is 7.05 Å². The van der Waals surface area contributed by atoms with E-state index in [0.29, 0.717) is 0 Å². The van der Waals surface area contributed by atoms with Crippen LogP contribution in [0.1, 0.15) is 28.3 Å². The summed E-state index contributed by atoms with van der Waals surface area (Å²) < 4.78 is 0.927. The topological polar surface area (TPSA) is 12.0 Å². The molecule has 1 atom stereocenters. The van der Waals surface area contributed by atoms with Crippen molar-refractivity contribution in [2.75, 3.05) is 7.05 Å². The lowest BCUT2D eigenvalue weighted by Crippen LogP contribution is -2.18. The second-order valence-electron chi connectivity index (χ2n) is 4.82. The molecular weight excluding hydrogens is 322 g/mol. The second-order valence-corrected chi connectivity index (χ2v) is 6.08. The van der Waals surface area contributed by atoms with Crippen molar-refractivity contribution in [2.45, 2.75) is 19.9 Å². The third kappa shape index (κ3) is 3.38. The van der Waals surface area contributed by atoms with E-state index in [1.807, 2.05) is 13.1 Å². The van der Waals surface area contributed by atoms with Gasteiger partial charge in [-0.1, -0.05) is 47.0 Å². The Bertz CT molecular complexity index is 575. The van der Waals surface area contributed by atoms with Gasteiger partial charge in [0.25, 0.3) is 0 Å². The van der Waals surface area contributed by atoms with E-state index in [2.05, 4.69) is 65.4 Å². The highest BCUT2D eigenvalue weighted by molar-refractivity contribution is 9.10. The Labute approximate surface area is 128 Å². The average Bonchev–Trinajstić information content (AvgIpc) is 2.33. The summed E-state index contributed by atoms with van der Waals surface area (Å²) in [4.78, 5) is 0. The molecule has 0 saturated carbocycles. The smallest absolute Gasteiger partial charge is 0.0574 e. The van der Waals surface area contributed by atoms with E-state index in [1.54, 1.807) is 0 Å². The molecule has 0 heterocycles. The molecule has 0 bridgehead atoms. The summed E-state index contributed by atoms with van der Waals surface area (Å²) in [6, 6.07) is 12.9. The van der Waals surface area contributed by atoms with Crippen LogP contribution in [0.5, 0.6) is 0 Å². The van der Waals surface area contributed by atoms with E-state index < -0.39 is 0 Å². The molecule has 0 aromatic heterocycles. The Kier molecular flexibility index (Phi) is 4.67. The molecule has 0 aliphatic carbocycles. The molecule has 0 saturated heterocycles. The zero-order valence-electron chi connectivity index (χ0n) is 11.3. The van der Waals surface area contributed by atoms with Crippen LogP contribution in [0, 0.1) is 13.8 Å². The number of aryl methyl sites for hydroxylation is 2.